The van der Waals surface area contributed by atoms with Crippen molar-refractivity contribution in [2.24, 2.45) is 0 Å². The Balaban J connectivity index is 1.40. The van der Waals surface area contributed by atoms with Crippen LogP contribution in [0.1, 0.15) is 35.0 Å². The lowest BCUT2D eigenvalue weighted by Crippen LogP contribution is -2.02. The van der Waals surface area contributed by atoms with Crippen LogP contribution in [0.15, 0.2) is 67.0 Å². The molecule has 0 aliphatic carbocycles. The molecule has 0 fully saturated rings. The number of hydrogen-bond donors (Lipinski definition) is 0. The zero-order valence-corrected chi connectivity index (χ0v) is 18.4. The van der Waals surface area contributed by atoms with E-state index in [2.05, 4.69) is 21.6 Å². The second-order valence-electron chi connectivity index (χ2n) is 7.98. The molecule has 0 atom stereocenters. The number of fused-ring (bicyclic) bond motifs is 1. The van der Waals surface area contributed by atoms with E-state index in [4.69, 9.17) is 0 Å². The maximum Gasteiger partial charge on any atom is 0.387 e. The molecule has 4 aromatic rings. The number of hydrogen-bond acceptors (Lipinski definition) is 3. The fraction of sp³-hybridized carbons (Fsp3) is 0.259. The summed E-state index contributed by atoms with van der Waals surface area (Å²) in [6.45, 7) is -0.771. The largest absolute Gasteiger partial charge is 0.435 e. The van der Waals surface area contributed by atoms with Crippen LogP contribution in [0.25, 0.3) is 10.8 Å². The van der Waals surface area contributed by atoms with Gasteiger partial charge < -0.3 is 4.74 Å². The molecule has 0 saturated heterocycles. The minimum Gasteiger partial charge on any atom is -0.435 e. The molecule has 0 amide bonds. The third-order valence-corrected chi connectivity index (χ3v) is 5.73. The Morgan fingerprint density at radius 2 is 1.48 bits per heavy atom. The zero-order valence-electron chi connectivity index (χ0n) is 18.4. The average molecular weight is 451 g/mol. The monoisotopic (exact) mass is 450 g/mol. The van der Waals surface area contributed by atoms with Crippen molar-refractivity contribution in [1.29, 1.82) is 0 Å². The van der Waals surface area contributed by atoms with Gasteiger partial charge in [0, 0.05) is 24.2 Å². The molecular weight excluding hydrogens is 425 g/mol. The highest BCUT2D eigenvalue weighted by Crippen LogP contribution is 2.24. The Morgan fingerprint density at radius 1 is 0.788 bits per heavy atom. The van der Waals surface area contributed by atoms with E-state index in [9.17, 15) is 8.78 Å². The van der Waals surface area contributed by atoms with Gasteiger partial charge in [-0.2, -0.15) is 8.78 Å². The number of nitrogens with zero attached hydrogens (tertiary/aromatic N) is 2. The zero-order chi connectivity index (χ0) is 23.2. The Labute approximate surface area is 191 Å². The van der Waals surface area contributed by atoms with E-state index < -0.39 is 6.61 Å². The van der Waals surface area contributed by atoms with Gasteiger partial charge in [0.05, 0.1) is 0 Å². The summed E-state index contributed by atoms with van der Waals surface area (Å²) in [6, 6.07) is 16.0. The lowest BCUT2D eigenvalue weighted by Gasteiger charge is -2.09. The lowest BCUT2D eigenvalue weighted by molar-refractivity contribution is -0.0498. The van der Waals surface area contributed by atoms with Gasteiger partial charge in [0.2, 0.25) is 0 Å². The average Bonchev–Trinajstić information content (AvgIpc) is 2.83. The molecule has 0 saturated carbocycles. The van der Waals surface area contributed by atoms with Crippen molar-refractivity contribution in [2.75, 3.05) is 0 Å². The van der Waals surface area contributed by atoms with Crippen molar-refractivity contribution in [3.63, 3.8) is 0 Å². The second kappa shape index (κ2) is 10.5. The van der Waals surface area contributed by atoms with Gasteiger partial charge in [0.25, 0.3) is 0 Å². The fourth-order valence-electron chi connectivity index (χ4n) is 3.80. The first-order valence-corrected chi connectivity index (χ1v) is 11.1. The molecule has 4 rings (SSSR count). The van der Waals surface area contributed by atoms with Crippen LogP contribution in [-0.2, 0) is 32.1 Å². The molecule has 3 nitrogen and oxygen atoms in total. The quantitative estimate of drug-likeness (QED) is 0.292. The van der Waals surface area contributed by atoms with Crippen molar-refractivity contribution < 1.29 is 17.9 Å². The van der Waals surface area contributed by atoms with Gasteiger partial charge in [-0.25, -0.2) is 14.4 Å². The number of ether oxygens (including phenoxy) is 1. The molecule has 0 spiro atoms. The first-order valence-electron chi connectivity index (χ1n) is 11.1. The molecule has 6 heteroatoms. The normalized spacial score (nSPS) is 11.3. The standard InChI is InChI=1S/C27H25F3N2O/c1-2-18-16-31-25(32-17-18)14-7-20-6-13-24-22(15-20)10-9-21(26(24)28)8-3-19-4-11-23(12-5-19)33-27(29)30/h4-6,9-13,15-17,27H,2-3,7-8,14H2,1H3. The second-order valence-corrected chi connectivity index (χ2v) is 7.98. The molecule has 0 unspecified atom stereocenters. The van der Waals surface area contributed by atoms with Crippen LogP contribution in [0.5, 0.6) is 5.75 Å². The summed E-state index contributed by atoms with van der Waals surface area (Å²) in [5, 5.41) is 1.46. The number of aromatic nitrogens is 2. The van der Waals surface area contributed by atoms with Gasteiger partial charge in [-0.3, -0.25) is 0 Å². The first-order chi connectivity index (χ1) is 16.0. The summed E-state index contributed by atoms with van der Waals surface area (Å²) in [5.41, 5.74) is 3.80. The molecule has 0 N–H and O–H groups in total. The Bertz CT molecular complexity index is 1210. The van der Waals surface area contributed by atoms with E-state index >= 15 is 4.39 Å². The Kier molecular flexibility index (Phi) is 7.23. The molecule has 0 radical (unpaired) electrons. The predicted molar refractivity (Wildman–Crippen MR) is 123 cm³/mol. The highest BCUT2D eigenvalue weighted by Gasteiger charge is 2.10. The molecule has 33 heavy (non-hydrogen) atoms. The van der Waals surface area contributed by atoms with Crippen LogP contribution in [0.4, 0.5) is 13.2 Å². The topological polar surface area (TPSA) is 35.0 Å². The minimum absolute atomic E-state index is 0.117. The molecule has 1 heterocycles. The number of rotatable bonds is 9. The van der Waals surface area contributed by atoms with E-state index in [0.717, 1.165) is 47.2 Å². The van der Waals surface area contributed by atoms with Crippen molar-refractivity contribution >= 4 is 10.8 Å². The lowest BCUT2D eigenvalue weighted by atomic mass is 9.98. The smallest absolute Gasteiger partial charge is 0.387 e. The number of halogens is 3. The molecule has 0 bridgehead atoms. The fourth-order valence-corrected chi connectivity index (χ4v) is 3.80. The Hall–Kier alpha value is -3.41. The van der Waals surface area contributed by atoms with E-state index in [1.54, 1.807) is 12.1 Å². The van der Waals surface area contributed by atoms with Gasteiger partial charge in [0.15, 0.2) is 0 Å². The van der Waals surface area contributed by atoms with Gasteiger partial charge >= 0.3 is 6.61 Å². The molecule has 0 aliphatic heterocycles. The molecular formula is C27H25F3N2O. The highest BCUT2D eigenvalue weighted by molar-refractivity contribution is 5.84. The number of benzene rings is 3. The molecule has 3 aromatic carbocycles. The Morgan fingerprint density at radius 3 is 2.18 bits per heavy atom. The molecule has 0 aliphatic rings. The maximum absolute atomic E-state index is 15.1. The summed E-state index contributed by atoms with van der Waals surface area (Å²) in [5.74, 6) is 0.712. The summed E-state index contributed by atoms with van der Waals surface area (Å²) >= 11 is 0. The summed E-state index contributed by atoms with van der Waals surface area (Å²) in [6.07, 6.45) is 7.29. The molecule has 170 valence electrons. The van der Waals surface area contributed by atoms with E-state index in [1.807, 2.05) is 42.7 Å². The van der Waals surface area contributed by atoms with Crippen molar-refractivity contribution in [3.05, 3.63) is 101 Å². The number of aryl methyl sites for hydroxylation is 5. The van der Waals surface area contributed by atoms with Crippen molar-refractivity contribution in [3.8, 4) is 5.75 Å². The van der Waals surface area contributed by atoms with Crippen LogP contribution in [-0.4, -0.2) is 16.6 Å². The third kappa shape index (κ3) is 5.89. The van der Waals surface area contributed by atoms with Crippen LogP contribution in [0.3, 0.4) is 0 Å². The van der Waals surface area contributed by atoms with E-state index in [1.165, 1.54) is 12.1 Å². The van der Waals surface area contributed by atoms with Crippen LogP contribution in [0, 0.1) is 5.82 Å². The number of alkyl halides is 2. The van der Waals surface area contributed by atoms with Gasteiger partial charge in [0.1, 0.15) is 17.4 Å². The van der Waals surface area contributed by atoms with Gasteiger partial charge in [-0.1, -0.05) is 49.4 Å². The SMILES string of the molecule is CCc1cnc(CCc2ccc3c(F)c(CCc4ccc(OC(F)F)cc4)ccc3c2)nc1. The summed E-state index contributed by atoms with van der Waals surface area (Å²) in [4.78, 5) is 8.81. The van der Waals surface area contributed by atoms with Crippen molar-refractivity contribution in [1.82, 2.24) is 9.97 Å². The minimum atomic E-state index is -2.84. The molecule has 1 aromatic heterocycles. The van der Waals surface area contributed by atoms with E-state index in [-0.39, 0.29) is 11.6 Å². The highest BCUT2D eigenvalue weighted by atomic mass is 19.3. The van der Waals surface area contributed by atoms with Gasteiger partial charge in [-0.15, -0.1) is 0 Å². The van der Waals surface area contributed by atoms with Crippen LogP contribution < -0.4 is 4.74 Å². The van der Waals surface area contributed by atoms with Gasteiger partial charge in [-0.05, 0) is 65.5 Å². The third-order valence-electron chi connectivity index (χ3n) is 5.73. The van der Waals surface area contributed by atoms with Crippen LogP contribution in [0.2, 0.25) is 0 Å². The maximum atomic E-state index is 15.1. The summed E-state index contributed by atoms with van der Waals surface area (Å²) in [7, 11) is 0. The van der Waals surface area contributed by atoms with Crippen LogP contribution >= 0.6 is 0 Å². The van der Waals surface area contributed by atoms with Crippen molar-refractivity contribution in [2.45, 2.75) is 45.6 Å². The first kappa shape index (κ1) is 22.8. The van der Waals surface area contributed by atoms with E-state index in [0.29, 0.717) is 23.8 Å². The predicted octanol–water partition coefficient (Wildman–Crippen LogP) is 6.50. The summed E-state index contributed by atoms with van der Waals surface area (Å²) < 4.78 is 44.0.